The van der Waals surface area contributed by atoms with Gasteiger partial charge in [0.1, 0.15) is 0 Å². The molecule has 0 saturated heterocycles. The third-order valence-corrected chi connectivity index (χ3v) is 3.66. The highest BCUT2D eigenvalue weighted by atomic mass is 16.1. The lowest BCUT2D eigenvalue weighted by Gasteiger charge is -2.01. The van der Waals surface area contributed by atoms with Gasteiger partial charge in [-0.3, -0.25) is 4.79 Å². The fraction of sp³-hybridized carbons (Fsp3) is 0.706. The summed E-state index contributed by atoms with van der Waals surface area (Å²) < 4.78 is 1.93. The number of Topliss-reactive ketones (excluding diaryl/α,β-unsaturated/α-hetero) is 1. The molecule has 1 heterocycles. The van der Waals surface area contributed by atoms with E-state index in [1.807, 2.05) is 30.1 Å². The van der Waals surface area contributed by atoms with Gasteiger partial charge in [-0.05, 0) is 12.5 Å². The van der Waals surface area contributed by atoms with E-state index in [1.54, 1.807) is 0 Å². The third kappa shape index (κ3) is 7.19. The van der Waals surface area contributed by atoms with Crippen LogP contribution in [0.3, 0.4) is 0 Å². The van der Waals surface area contributed by atoms with Gasteiger partial charge in [-0.1, -0.05) is 58.3 Å². The van der Waals surface area contributed by atoms with E-state index < -0.39 is 0 Å². The van der Waals surface area contributed by atoms with Crippen molar-refractivity contribution in [3.8, 4) is 0 Å². The van der Waals surface area contributed by atoms with E-state index >= 15 is 0 Å². The summed E-state index contributed by atoms with van der Waals surface area (Å²) in [5.74, 6) is 0.295. The lowest BCUT2D eigenvalue weighted by atomic mass is 10.0. The number of hydrogen-bond donors (Lipinski definition) is 0. The van der Waals surface area contributed by atoms with Crippen molar-refractivity contribution in [1.82, 2.24) is 4.57 Å². The van der Waals surface area contributed by atoms with Gasteiger partial charge in [0.2, 0.25) is 0 Å². The molecule has 0 aliphatic heterocycles. The molecule has 2 heteroatoms. The molecule has 0 radical (unpaired) electrons. The van der Waals surface area contributed by atoms with E-state index in [1.165, 1.54) is 51.4 Å². The van der Waals surface area contributed by atoms with Gasteiger partial charge in [0, 0.05) is 31.4 Å². The number of hydrogen-bond acceptors (Lipinski definition) is 1. The van der Waals surface area contributed by atoms with Crippen LogP contribution in [0.25, 0.3) is 0 Å². The summed E-state index contributed by atoms with van der Waals surface area (Å²) in [5.41, 5.74) is 0.863. The van der Waals surface area contributed by atoms with Crippen molar-refractivity contribution in [3.05, 3.63) is 24.0 Å². The number of carbonyl (C=O) groups excluding carboxylic acids is 1. The van der Waals surface area contributed by atoms with Gasteiger partial charge in [0.25, 0.3) is 0 Å². The summed E-state index contributed by atoms with van der Waals surface area (Å²) >= 11 is 0. The summed E-state index contributed by atoms with van der Waals surface area (Å²) in [6.45, 7) is 2.25. The maximum Gasteiger partial charge on any atom is 0.164 e. The molecule has 19 heavy (non-hydrogen) atoms. The molecule has 0 amide bonds. The Bertz CT molecular complexity index is 354. The summed E-state index contributed by atoms with van der Waals surface area (Å²) in [6, 6.07) is 1.91. The van der Waals surface area contributed by atoms with Crippen molar-refractivity contribution >= 4 is 5.78 Å². The molecule has 0 aliphatic carbocycles. The highest BCUT2D eigenvalue weighted by molar-refractivity contribution is 5.95. The summed E-state index contributed by atoms with van der Waals surface area (Å²) in [7, 11) is 1.95. The standard InChI is InChI=1S/C17H29NO/c1-3-4-5-6-7-8-9-10-11-12-17(19)16-13-14-18(2)15-16/h13-15H,3-12H2,1-2H3. The second kappa shape index (κ2) is 9.82. The van der Waals surface area contributed by atoms with Crippen molar-refractivity contribution in [2.75, 3.05) is 0 Å². The molecule has 0 N–H and O–H groups in total. The largest absolute Gasteiger partial charge is 0.357 e. The zero-order chi connectivity index (χ0) is 13.9. The Morgan fingerprint density at radius 1 is 1.00 bits per heavy atom. The van der Waals surface area contributed by atoms with Crippen molar-refractivity contribution in [2.45, 2.75) is 71.1 Å². The Morgan fingerprint density at radius 2 is 1.58 bits per heavy atom. The predicted molar refractivity (Wildman–Crippen MR) is 81.6 cm³/mol. The number of aromatic nitrogens is 1. The highest BCUT2D eigenvalue weighted by Crippen LogP contribution is 2.12. The van der Waals surface area contributed by atoms with E-state index in [2.05, 4.69) is 6.92 Å². The minimum Gasteiger partial charge on any atom is -0.357 e. The molecule has 1 rings (SSSR count). The topological polar surface area (TPSA) is 22.0 Å². The normalized spacial score (nSPS) is 10.8. The Balaban J connectivity index is 1.95. The number of ketones is 1. The molecule has 1 aromatic rings. The first-order chi connectivity index (χ1) is 9.24. The van der Waals surface area contributed by atoms with Gasteiger partial charge in [-0.2, -0.15) is 0 Å². The number of nitrogens with zero attached hydrogens (tertiary/aromatic N) is 1. The van der Waals surface area contributed by atoms with Crippen LogP contribution in [0.2, 0.25) is 0 Å². The molecule has 2 nitrogen and oxygen atoms in total. The number of rotatable bonds is 11. The average Bonchev–Trinajstić information content (AvgIpc) is 2.83. The number of unbranched alkanes of at least 4 members (excludes halogenated alkanes) is 8. The fourth-order valence-corrected chi connectivity index (χ4v) is 2.41. The molecule has 0 aliphatic rings. The Kier molecular flexibility index (Phi) is 8.28. The minimum absolute atomic E-state index is 0.295. The summed E-state index contributed by atoms with van der Waals surface area (Å²) in [6.07, 6.45) is 16.3. The van der Waals surface area contributed by atoms with Crippen molar-refractivity contribution in [1.29, 1.82) is 0 Å². The Labute approximate surface area is 118 Å². The first-order valence-corrected chi connectivity index (χ1v) is 7.89. The SMILES string of the molecule is CCCCCCCCCCCC(=O)c1ccn(C)c1. The Hall–Kier alpha value is -1.05. The van der Waals surface area contributed by atoms with Gasteiger partial charge in [-0.15, -0.1) is 0 Å². The van der Waals surface area contributed by atoms with E-state index in [0.717, 1.165) is 12.0 Å². The number of carbonyl (C=O) groups is 1. The van der Waals surface area contributed by atoms with Crippen molar-refractivity contribution < 1.29 is 4.79 Å². The first kappa shape index (κ1) is 16.0. The summed E-state index contributed by atoms with van der Waals surface area (Å²) in [5, 5.41) is 0. The Morgan fingerprint density at radius 3 is 2.11 bits per heavy atom. The average molecular weight is 263 g/mol. The van der Waals surface area contributed by atoms with Gasteiger partial charge in [0.05, 0.1) is 0 Å². The molecule has 1 aromatic heterocycles. The van der Waals surface area contributed by atoms with E-state index in [9.17, 15) is 4.79 Å². The molecule has 0 saturated carbocycles. The van der Waals surface area contributed by atoms with Crippen molar-refractivity contribution in [3.63, 3.8) is 0 Å². The zero-order valence-electron chi connectivity index (χ0n) is 12.7. The quantitative estimate of drug-likeness (QED) is 0.401. The second-order valence-corrected chi connectivity index (χ2v) is 5.57. The molecule has 0 aromatic carbocycles. The highest BCUT2D eigenvalue weighted by Gasteiger charge is 2.06. The van der Waals surface area contributed by atoms with E-state index in [4.69, 9.17) is 0 Å². The number of aryl methyl sites for hydroxylation is 1. The lowest BCUT2D eigenvalue weighted by Crippen LogP contribution is -1.97. The molecular weight excluding hydrogens is 234 g/mol. The van der Waals surface area contributed by atoms with Crippen LogP contribution in [0, 0.1) is 0 Å². The van der Waals surface area contributed by atoms with Crippen LogP contribution in [0.1, 0.15) is 81.5 Å². The minimum atomic E-state index is 0.295. The monoisotopic (exact) mass is 263 g/mol. The van der Waals surface area contributed by atoms with E-state index in [-0.39, 0.29) is 0 Å². The first-order valence-electron chi connectivity index (χ1n) is 7.89. The second-order valence-electron chi connectivity index (χ2n) is 5.57. The maximum atomic E-state index is 11.9. The molecular formula is C17H29NO. The smallest absolute Gasteiger partial charge is 0.164 e. The van der Waals surface area contributed by atoms with Crippen LogP contribution >= 0.6 is 0 Å². The lowest BCUT2D eigenvalue weighted by molar-refractivity contribution is 0.0979. The van der Waals surface area contributed by atoms with Gasteiger partial charge < -0.3 is 4.57 Å². The van der Waals surface area contributed by atoms with Crippen LogP contribution in [0.5, 0.6) is 0 Å². The van der Waals surface area contributed by atoms with Gasteiger partial charge >= 0.3 is 0 Å². The predicted octanol–water partition coefficient (Wildman–Crippen LogP) is 5.13. The zero-order valence-corrected chi connectivity index (χ0v) is 12.7. The molecule has 0 spiro atoms. The van der Waals surface area contributed by atoms with Crippen molar-refractivity contribution in [2.24, 2.45) is 7.05 Å². The molecule has 0 fully saturated rings. The molecule has 0 bridgehead atoms. The van der Waals surface area contributed by atoms with E-state index in [0.29, 0.717) is 12.2 Å². The third-order valence-electron chi connectivity index (χ3n) is 3.66. The van der Waals surface area contributed by atoms with Crippen LogP contribution in [0.15, 0.2) is 18.5 Å². The maximum absolute atomic E-state index is 11.9. The van der Waals surface area contributed by atoms with Gasteiger partial charge in [0.15, 0.2) is 5.78 Å². The van der Waals surface area contributed by atoms with Crippen LogP contribution in [0.4, 0.5) is 0 Å². The van der Waals surface area contributed by atoms with Crippen LogP contribution in [-0.2, 0) is 7.05 Å². The van der Waals surface area contributed by atoms with Crippen LogP contribution in [-0.4, -0.2) is 10.4 Å². The van der Waals surface area contributed by atoms with Crippen LogP contribution < -0.4 is 0 Å². The molecule has 108 valence electrons. The molecule has 0 unspecified atom stereocenters. The molecule has 0 atom stereocenters. The summed E-state index contributed by atoms with van der Waals surface area (Å²) in [4.78, 5) is 11.9. The van der Waals surface area contributed by atoms with Gasteiger partial charge in [-0.25, -0.2) is 0 Å². The fourth-order valence-electron chi connectivity index (χ4n) is 2.41.